The van der Waals surface area contributed by atoms with Gasteiger partial charge in [0, 0.05) is 23.7 Å². The number of benzene rings is 1. The highest BCUT2D eigenvalue weighted by molar-refractivity contribution is 6.31. The summed E-state index contributed by atoms with van der Waals surface area (Å²) in [6, 6.07) is 9.01. The molecule has 8 heteroatoms. The topological polar surface area (TPSA) is 112 Å². The fourth-order valence-electron chi connectivity index (χ4n) is 2.92. The van der Waals surface area contributed by atoms with E-state index in [1.165, 1.54) is 6.92 Å². The molecule has 0 aliphatic heterocycles. The third-order valence-corrected chi connectivity index (χ3v) is 4.96. The summed E-state index contributed by atoms with van der Waals surface area (Å²) in [4.78, 5) is 38.7. The van der Waals surface area contributed by atoms with Gasteiger partial charge in [0.25, 0.3) is 11.5 Å². The molecule has 29 heavy (non-hydrogen) atoms. The van der Waals surface area contributed by atoms with E-state index in [1.807, 2.05) is 12.1 Å². The van der Waals surface area contributed by atoms with Crippen LogP contribution < -0.4 is 10.9 Å². The summed E-state index contributed by atoms with van der Waals surface area (Å²) in [7, 11) is 0. The molecule has 0 saturated heterocycles. The Labute approximate surface area is 173 Å². The summed E-state index contributed by atoms with van der Waals surface area (Å²) in [5, 5.41) is 12.3. The second-order valence-corrected chi connectivity index (χ2v) is 7.02. The van der Waals surface area contributed by atoms with E-state index in [-0.39, 0.29) is 24.9 Å². The smallest absolute Gasteiger partial charge is 0.306 e. The van der Waals surface area contributed by atoms with Gasteiger partial charge in [-0.05, 0) is 49.9 Å². The molecular formula is C21H22ClN3O4. The predicted octanol–water partition coefficient (Wildman–Crippen LogP) is 2.70. The molecule has 1 amide bonds. The number of amides is 1. The highest BCUT2D eigenvalue weighted by atomic mass is 35.5. The zero-order chi connectivity index (χ0) is 21.6. The Balaban J connectivity index is 1.91. The third-order valence-electron chi connectivity index (χ3n) is 4.59. The first kappa shape index (κ1) is 22.2. The number of hydrogen-bond acceptors (Lipinski definition) is 5. The number of halogens is 1. The maximum absolute atomic E-state index is 12.2. The lowest BCUT2D eigenvalue weighted by Crippen LogP contribution is -2.35. The molecule has 0 spiro atoms. The molecular weight excluding hydrogens is 394 g/mol. The molecule has 0 radical (unpaired) electrons. The van der Waals surface area contributed by atoms with Crippen molar-refractivity contribution in [1.82, 2.24) is 10.3 Å². The normalized spacial score (nSPS) is 11.4. The third kappa shape index (κ3) is 5.69. The van der Waals surface area contributed by atoms with Gasteiger partial charge in [-0.3, -0.25) is 14.4 Å². The summed E-state index contributed by atoms with van der Waals surface area (Å²) >= 11 is 6.05. The van der Waals surface area contributed by atoms with E-state index in [2.05, 4.69) is 10.3 Å². The van der Waals surface area contributed by atoms with Gasteiger partial charge in [-0.1, -0.05) is 29.8 Å². The minimum absolute atomic E-state index is 0.0146. The molecule has 152 valence electrons. The lowest BCUT2D eigenvalue weighted by molar-refractivity contribution is -0.154. The summed E-state index contributed by atoms with van der Waals surface area (Å²) < 4.78 is 5.19. The molecule has 1 aromatic carbocycles. The average Bonchev–Trinajstić information content (AvgIpc) is 2.66. The zero-order valence-corrected chi connectivity index (χ0v) is 17.2. The number of aromatic nitrogens is 1. The van der Waals surface area contributed by atoms with Crippen molar-refractivity contribution in [3.63, 3.8) is 0 Å². The van der Waals surface area contributed by atoms with Crippen LogP contribution >= 0.6 is 11.6 Å². The minimum Gasteiger partial charge on any atom is -0.453 e. The van der Waals surface area contributed by atoms with Crippen molar-refractivity contribution in [2.75, 3.05) is 0 Å². The van der Waals surface area contributed by atoms with E-state index in [0.29, 0.717) is 21.8 Å². The van der Waals surface area contributed by atoms with E-state index < -0.39 is 23.5 Å². The number of ether oxygens (including phenoxy) is 1. The molecule has 0 saturated carbocycles. The summed E-state index contributed by atoms with van der Waals surface area (Å²) in [5.41, 5.74) is 2.22. The SMILES string of the molecule is Cc1[nH]c(=O)c(C#N)c(C)c1CCC(=O)O[C@H](C)C(=O)NCc1ccccc1Cl. The van der Waals surface area contributed by atoms with Crippen molar-refractivity contribution in [2.45, 2.75) is 46.3 Å². The zero-order valence-electron chi connectivity index (χ0n) is 16.5. The number of H-pyrrole nitrogens is 1. The van der Waals surface area contributed by atoms with E-state index in [9.17, 15) is 14.4 Å². The van der Waals surface area contributed by atoms with Gasteiger partial charge in [0.15, 0.2) is 6.10 Å². The Morgan fingerprint density at radius 1 is 1.31 bits per heavy atom. The Morgan fingerprint density at radius 2 is 2.00 bits per heavy atom. The lowest BCUT2D eigenvalue weighted by Gasteiger charge is -2.15. The molecule has 0 fully saturated rings. The fourth-order valence-corrected chi connectivity index (χ4v) is 3.13. The second-order valence-electron chi connectivity index (χ2n) is 6.61. The summed E-state index contributed by atoms with van der Waals surface area (Å²) in [5.74, 6) is -0.977. The molecule has 7 nitrogen and oxygen atoms in total. The number of aromatic amines is 1. The molecule has 0 unspecified atom stereocenters. The van der Waals surface area contributed by atoms with Crippen LogP contribution in [0.4, 0.5) is 0 Å². The number of esters is 1. The monoisotopic (exact) mass is 415 g/mol. The fraction of sp³-hybridized carbons (Fsp3) is 0.333. The van der Waals surface area contributed by atoms with E-state index in [0.717, 1.165) is 5.56 Å². The molecule has 0 aliphatic carbocycles. The highest BCUT2D eigenvalue weighted by Gasteiger charge is 2.19. The van der Waals surface area contributed by atoms with Crippen LogP contribution in [0.1, 0.15) is 41.3 Å². The predicted molar refractivity (Wildman–Crippen MR) is 108 cm³/mol. The quantitative estimate of drug-likeness (QED) is 0.675. The van der Waals surface area contributed by atoms with E-state index >= 15 is 0 Å². The molecule has 1 atom stereocenters. The van der Waals surface area contributed by atoms with Gasteiger partial charge >= 0.3 is 5.97 Å². The van der Waals surface area contributed by atoms with E-state index in [4.69, 9.17) is 21.6 Å². The molecule has 2 rings (SSSR count). The van der Waals surface area contributed by atoms with Gasteiger partial charge < -0.3 is 15.0 Å². The first-order chi connectivity index (χ1) is 13.7. The number of hydrogen-bond donors (Lipinski definition) is 2. The van der Waals surface area contributed by atoms with Crippen molar-refractivity contribution < 1.29 is 14.3 Å². The molecule has 2 aromatic rings. The first-order valence-corrected chi connectivity index (χ1v) is 9.45. The molecule has 1 heterocycles. The Kier molecular flexibility index (Phi) is 7.57. The molecule has 0 bridgehead atoms. The standard InChI is InChI=1S/C21H22ClN3O4/c1-12-16(13(2)25-21(28)17(12)10-23)8-9-19(26)29-14(3)20(27)24-11-15-6-4-5-7-18(15)22/h4-7,14H,8-9,11H2,1-3H3,(H,24,27)(H,25,28)/t14-/m1/s1. The van der Waals surface area contributed by atoms with Crippen LogP contribution in [0.3, 0.4) is 0 Å². The minimum atomic E-state index is -0.961. The second kappa shape index (κ2) is 9.89. The Bertz CT molecular complexity index is 1020. The number of carbonyl (C=O) groups is 2. The van der Waals surface area contributed by atoms with Gasteiger partial charge in [0.2, 0.25) is 0 Å². The van der Waals surface area contributed by atoms with Crippen LogP contribution in [-0.2, 0) is 27.3 Å². The van der Waals surface area contributed by atoms with Crippen LogP contribution in [0.15, 0.2) is 29.1 Å². The van der Waals surface area contributed by atoms with Crippen molar-refractivity contribution in [1.29, 1.82) is 5.26 Å². The largest absolute Gasteiger partial charge is 0.453 e. The van der Waals surface area contributed by atoms with Gasteiger partial charge in [0.05, 0.1) is 0 Å². The van der Waals surface area contributed by atoms with Crippen molar-refractivity contribution in [3.05, 3.63) is 67.6 Å². The summed E-state index contributed by atoms with van der Waals surface area (Å²) in [6.07, 6.45) is -0.658. The number of aryl methyl sites for hydroxylation is 1. The maximum Gasteiger partial charge on any atom is 0.306 e. The van der Waals surface area contributed by atoms with Gasteiger partial charge in [-0.15, -0.1) is 0 Å². The number of pyridine rings is 1. The molecule has 1 aromatic heterocycles. The summed E-state index contributed by atoms with van der Waals surface area (Å²) in [6.45, 7) is 5.10. The maximum atomic E-state index is 12.2. The highest BCUT2D eigenvalue weighted by Crippen LogP contribution is 2.16. The molecule has 0 aliphatic rings. The van der Waals surface area contributed by atoms with Crippen molar-refractivity contribution in [2.24, 2.45) is 0 Å². The first-order valence-electron chi connectivity index (χ1n) is 9.07. The Hall–Kier alpha value is -3.11. The number of nitrogens with one attached hydrogen (secondary N) is 2. The van der Waals surface area contributed by atoms with Crippen LogP contribution in [0, 0.1) is 25.2 Å². The van der Waals surface area contributed by atoms with Crippen LogP contribution in [0.2, 0.25) is 5.02 Å². The number of carbonyl (C=O) groups excluding carboxylic acids is 2. The van der Waals surface area contributed by atoms with Crippen molar-refractivity contribution in [3.8, 4) is 6.07 Å². The van der Waals surface area contributed by atoms with Gasteiger partial charge in [-0.2, -0.15) is 5.26 Å². The van der Waals surface area contributed by atoms with Crippen LogP contribution in [0.25, 0.3) is 0 Å². The van der Waals surface area contributed by atoms with Gasteiger partial charge in [-0.25, -0.2) is 0 Å². The Morgan fingerprint density at radius 3 is 2.66 bits per heavy atom. The number of rotatable bonds is 7. The van der Waals surface area contributed by atoms with Crippen LogP contribution in [0.5, 0.6) is 0 Å². The average molecular weight is 416 g/mol. The molecule has 2 N–H and O–H groups in total. The van der Waals surface area contributed by atoms with Crippen molar-refractivity contribution >= 4 is 23.5 Å². The van der Waals surface area contributed by atoms with E-state index in [1.54, 1.807) is 32.0 Å². The lowest BCUT2D eigenvalue weighted by atomic mass is 9.99. The number of nitriles is 1. The van der Waals surface area contributed by atoms with Crippen LogP contribution in [-0.4, -0.2) is 23.0 Å². The van der Waals surface area contributed by atoms with Gasteiger partial charge in [0.1, 0.15) is 11.6 Å². The number of nitrogens with zero attached hydrogens (tertiary/aromatic N) is 1.